The Morgan fingerprint density at radius 2 is 1.71 bits per heavy atom. The molecule has 0 aliphatic heterocycles. The summed E-state index contributed by atoms with van der Waals surface area (Å²) in [6, 6.07) is 0. The Hall–Kier alpha value is 0.759. The molecule has 0 aromatic rings. The molecule has 4 heteroatoms. The molecule has 0 aromatic heterocycles. The molecule has 0 saturated carbocycles. The molecule has 0 spiro atoms. The summed E-state index contributed by atoms with van der Waals surface area (Å²) in [5, 5.41) is 0. The fourth-order valence-corrected chi connectivity index (χ4v) is 0. The van der Waals surface area contributed by atoms with Gasteiger partial charge in [-0.25, -0.2) is 0 Å². The Balaban J connectivity index is 0. The molecule has 0 heterocycles. The van der Waals surface area contributed by atoms with Gasteiger partial charge in [0.15, 0.2) is 0 Å². The van der Waals surface area contributed by atoms with Crippen molar-refractivity contribution in [2.24, 2.45) is 0 Å². The molecule has 0 radical (unpaired) electrons. The van der Waals surface area contributed by atoms with Gasteiger partial charge in [0.25, 0.3) is 0 Å². The van der Waals surface area contributed by atoms with Crippen molar-refractivity contribution in [2.45, 2.75) is 0 Å². The zero-order valence-electron chi connectivity index (χ0n) is 4.30. The first-order chi connectivity index (χ1) is 2.64. The number of rotatable bonds is 0. The summed E-state index contributed by atoms with van der Waals surface area (Å²) >= 11 is 8.46. The Morgan fingerprint density at radius 3 is 1.71 bits per heavy atom. The summed E-state index contributed by atoms with van der Waals surface area (Å²) in [6.07, 6.45) is 0. The Kier molecular flexibility index (Phi) is 7.49. The van der Waals surface area contributed by atoms with E-state index in [1.807, 2.05) is 14.1 Å². The second-order valence-corrected chi connectivity index (χ2v) is 2.29. The van der Waals surface area contributed by atoms with Crippen molar-refractivity contribution in [3.8, 4) is 0 Å². The van der Waals surface area contributed by atoms with Gasteiger partial charge in [-0.3, -0.25) is 0 Å². The van der Waals surface area contributed by atoms with Crippen LogP contribution in [0.15, 0.2) is 0 Å². The molecule has 7 heavy (non-hydrogen) atoms. The molecule has 0 aliphatic carbocycles. The molecule has 0 aliphatic rings. The van der Waals surface area contributed by atoms with Crippen molar-refractivity contribution in [3.63, 3.8) is 0 Å². The summed E-state index contributed by atoms with van der Waals surface area (Å²) < 4.78 is 0.620. The topological polar surface area (TPSA) is 3.24 Å². The van der Waals surface area contributed by atoms with Gasteiger partial charge < -0.3 is 4.90 Å². The van der Waals surface area contributed by atoms with E-state index in [0.717, 1.165) is 0 Å². The summed E-state index contributed by atoms with van der Waals surface area (Å²) in [6.45, 7) is 0. The van der Waals surface area contributed by atoms with E-state index in [2.05, 4.69) is 24.8 Å². The maximum atomic E-state index is 4.61. The SMILES string of the molecule is CN(C)C(=S)S.[SeH2]. The third-order valence-corrected chi connectivity index (χ3v) is 1.15. The van der Waals surface area contributed by atoms with Crippen molar-refractivity contribution in [1.82, 2.24) is 4.90 Å². The van der Waals surface area contributed by atoms with Gasteiger partial charge in [0.1, 0.15) is 4.32 Å². The molecule has 0 rings (SSSR count). The molecule has 0 aromatic carbocycles. The van der Waals surface area contributed by atoms with Crippen molar-refractivity contribution < 1.29 is 0 Å². The zero-order chi connectivity index (χ0) is 5.15. The standard InChI is InChI=1S/C3H7NS2.H2Se/c1-4(2)3(5)6;/h1-2H3,(H,5,6);1H2. The monoisotopic (exact) mass is 203 g/mol. The van der Waals surface area contributed by atoms with E-state index in [4.69, 9.17) is 0 Å². The molecule has 0 saturated heterocycles. The third kappa shape index (κ3) is 6.76. The average Bonchev–Trinajstić information content (AvgIpc) is 1.36. The quantitative estimate of drug-likeness (QED) is 0.330. The van der Waals surface area contributed by atoms with E-state index >= 15 is 0 Å². The predicted molar refractivity (Wildman–Crippen MR) is 43.8 cm³/mol. The molecule has 0 amide bonds. The third-order valence-electron chi connectivity index (χ3n) is 0.383. The van der Waals surface area contributed by atoms with Crippen molar-refractivity contribution in [3.05, 3.63) is 0 Å². The van der Waals surface area contributed by atoms with Gasteiger partial charge >= 0.3 is 17.1 Å². The van der Waals surface area contributed by atoms with Crippen LogP contribution < -0.4 is 0 Å². The molecule has 44 valence electrons. The summed E-state index contributed by atoms with van der Waals surface area (Å²) in [5.74, 6) is 0. The second kappa shape index (κ2) is 4.91. The van der Waals surface area contributed by atoms with Gasteiger partial charge in [-0.2, -0.15) is 0 Å². The van der Waals surface area contributed by atoms with Crippen LogP contribution in [0, 0.1) is 0 Å². The number of nitrogens with zero attached hydrogens (tertiary/aromatic N) is 1. The number of hydrogen-bond donors (Lipinski definition) is 1. The van der Waals surface area contributed by atoms with Crippen LogP contribution in [-0.2, 0) is 0 Å². The van der Waals surface area contributed by atoms with Gasteiger partial charge in [0.2, 0.25) is 0 Å². The first-order valence-electron chi connectivity index (χ1n) is 1.55. The number of thiocarbonyl (C=S) groups is 1. The van der Waals surface area contributed by atoms with Crippen LogP contribution >= 0.6 is 24.8 Å². The summed E-state index contributed by atoms with van der Waals surface area (Å²) in [4.78, 5) is 1.76. The van der Waals surface area contributed by atoms with Crippen LogP contribution in [0.3, 0.4) is 0 Å². The van der Waals surface area contributed by atoms with E-state index in [1.54, 1.807) is 4.90 Å². The van der Waals surface area contributed by atoms with Crippen molar-refractivity contribution in [1.29, 1.82) is 0 Å². The van der Waals surface area contributed by atoms with Crippen molar-refractivity contribution >= 4 is 46.2 Å². The van der Waals surface area contributed by atoms with E-state index in [1.165, 1.54) is 0 Å². The Labute approximate surface area is 65.3 Å². The predicted octanol–water partition coefficient (Wildman–Crippen LogP) is -0.154. The second-order valence-electron chi connectivity index (χ2n) is 1.18. The van der Waals surface area contributed by atoms with Crippen LogP contribution in [0.2, 0.25) is 0 Å². The first kappa shape index (κ1) is 10.7. The molecule has 1 nitrogen and oxygen atoms in total. The van der Waals surface area contributed by atoms with E-state index in [0.29, 0.717) is 4.32 Å². The molecule has 0 unspecified atom stereocenters. The molecular formula is C3H9NS2Se. The number of thiol groups is 1. The van der Waals surface area contributed by atoms with E-state index in [9.17, 15) is 0 Å². The molecule has 0 bridgehead atoms. The minimum atomic E-state index is 0. The maximum absolute atomic E-state index is 4.61. The van der Waals surface area contributed by atoms with Crippen LogP contribution in [0.4, 0.5) is 0 Å². The number of hydrogen-bond acceptors (Lipinski definition) is 1. The fraction of sp³-hybridized carbons (Fsp3) is 0.667. The molecule has 0 N–H and O–H groups in total. The summed E-state index contributed by atoms with van der Waals surface area (Å²) in [5.41, 5.74) is 0. The fourth-order valence-electron chi connectivity index (χ4n) is 0. The molecule has 0 atom stereocenters. The van der Waals surface area contributed by atoms with E-state index < -0.39 is 0 Å². The van der Waals surface area contributed by atoms with Crippen LogP contribution in [0.1, 0.15) is 0 Å². The normalized spacial score (nSPS) is 6.71. The average molecular weight is 202 g/mol. The first-order valence-corrected chi connectivity index (χ1v) is 2.40. The zero-order valence-corrected chi connectivity index (χ0v) is 8.11. The van der Waals surface area contributed by atoms with E-state index in [-0.39, 0.29) is 17.1 Å². The van der Waals surface area contributed by atoms with Crippen molar-refractivity contribution in [2.75, 3.05) is 14.1 Å². The minimum absolute atomic E-state index is 0. The molecule has 0 fully saturated rings. The molecular weight excluding hydrogens is 193 g/mol. The van der Waals surface area contributed by atoms with Gasteiger partial charge in [0, 0.05) is 14.1 Å². The summed E-state index contributed by atoms with van der Waals surface area (Å²) in [7, 11) is 3.71. The van der Waals surface area contributed by atoms with Crippen LogP contribution in [-0.4, -0.2) is 40.4 Å². The van der Waals surface area contributed by atoms with Gasteiger partial charge in [-0.05, 0) is 0 Å². The Morgan fingerprint density at radius 1 is 1.57 bits per heavy atom. The van der Waals surface area contributed by atoms with Crippen LogP contribution in [0.5, 0.6) is 0 Å². The van der Waals surface area contributed by atoms with Gasteiger partial charge in [-0.15, -0.1) is 12.6 Å². The Bertz CT molecular complexity index is 64.0. The van der Waals surface area contributed by atoms with Crippen LogP contribution in [0.25, 0.3) is 0 Å². The van der Waals surface area contributed by atoms with Gasteiger partial charge in [0.05, 0.1) is 0 Å². The van der Waals surface area contributed by atoms with Gasteiger partial charge in [-0.1, -0.05) is 12.2 Å².